The van der Waals surface area contributed by atoms with Crippen molar-refractivity contribution in [3.05, 3.63) is 18.0 Å². The van der Waals surface area contributed by atoms with Crippen molar-refractivity contribution < 1.29 is 5.11 Å². The number of hydrogen-bond donors (Lipinski definition) is 1. The maximum atomic E-state index is 8.93. The smallest absolute Gasteiger partial charge is 0.0764 e. The molecular weight excluding hydrogens is 202 g/mol. The third-order valence-corrected chi connectivity index (χ3v) is 3.38. The quantitative estimate of drug-likeness (QED) is 0.817. The van der Waals surface area contributed by atoms with Gasteiger partial charge in [-0.15, -0.1) is 0 Å². The van der Waals surface area contributed by atoms with Crippen LogP contribution in [0.4, 0.5) is 0 Å². The van der Waals surface area contributed by atoms with Gasteiger partial charge in [0.15, 0.2) is 0 Å². The van der Waals surface area contributed by atoms with Gasteiger partial charge in [0, 0.05) is 44.4 Å². The van der Waals surface area contributed by atoms with Gasteiger partial charge in [0.1, 0.15) is 0 Å². The van der Waals surface area contributed by atoms with Gasteiger partial charge in [-0.05, 0) is 19.4 Å². The standard InChI is InChI=1S/C12H21N3O/c1-3-10(2)15-5-4-12(13-15)8-14-6-11(7-14)9-16/h4-5,10-11,16H,3,6-9H2,1-2H3. The summed E-state index contributed by atoms with van der Waals surface area (Å²) in [7, 11) is 0. The molecule has 1 N–H and O–H groups in total. The van der Waals surface area contributed by atoms with Crippen LogP contribution in [-0.2, 0) is 6.54 Å². The van der Waals surface area contributed by atoms with Crippen molar-refractivity contribution in [1.82, 2.24) is 14.7 Å². The summed E-state index contributed by atoms with van der Waals surface area (Å²) in [5.41, 5.74) is 1.14. The average Bonchev–Trinajstić information content (AvgIpc) is 2.70. The fourth-order valence-electron chi connectivity index (χ4n) is 2.04. The van der Waals surface area contributed by atoms with Gasteiger partial charge in [-0.25, -0.2) is 0 Å². The minimum atomic E-state index is 0.317. The highest BCUT2D eigenvalue weighted by atomic mass is 16.3. The molecule has 16 heavy (non-hydrogen) atoms. The summed E-state index contributed by atoms with van der Waals surface area (Å²) >= 11 is 0. The van der Waals surface area contributed by atoms with Gasteiger partial charge < -0.3 is 5.11 Å². The number of aromatic nitrogens is 2. The van der Waals surface area contributed by atoms with E-state index in [9.17, 15) is 0 Å². The third-order valence-electron chi connectivity index (χ3n) is 3.38. The first-order chi connectivity index (χ1) is 7.72. The van der Waals surface area contributed by atoms with Crippen LogP contribution >= 0.6 is 0 Å². The zero-order chi connectivity index (χ0) is 11.5. The maximum Gasteiger partial charge on any atom is 0.0764 e. The molecule has 90 valence electrons. The second-order valence-electron chi connectivity index (χ2n) is 4.79. The Bertz CT molecular complexity index is 331. The molecule has 0 amide bonds. The van der Waals surface area contributed by atoms with E-state index in [2.05, 4.69) is 36.1 Å². The molecule has 1 aliphatic heterocycles. The molecule has 1 aliphatic rings. The summed E-state index contributed by atoms with van der Waals surface area (Å²) < 4.78 is 2.04. The molecular formula is C12H21N3O. The molecule has 4 nitrogen and oxygen atoms in total. The molecule has 0 aromatic carbocycles. The fourth-order valence-corrected chi connectivity index (χ4v) is 2.04. The molecule has 0 radical (unpaired) electrons. The molecule has 1 unspecified atom stereocenters. The van der Waals surface area contributed by atoms with E-state index in [1.807, 2.05) is 4.68 Å². The second kappa shape index (κ2) is 4.97. The SMILES string of the molecule is CCC(C)n1ccc(CN2CC(CO)C2)n1. The summed E-state index contributed by atoms with van der Waals surface area (Å²) in [6.45, 7) is 7.60. The molecule has 0 bridgehead atoms. The van der Waals surface area contributed by atoms with Crippen LogP contribution in [0.25, 0.3) is 0 Å². The Morgan fingerprint density at radius 3 is 2.94 bits per heavy atom. The van der Waals surface area contributed by atoms with Crippen LogP contribution in [0.5, 0.6) is 0 Å². The summed E-state index contributed by atoms with van der Waals surface area (Å²) in [6, 6.07) is 2.58. The largest absolute Gasteiger partial charge is 0.396 e. The molecule has 0 spiro atoms. The van der Waals surface area contributed by atoms with E-state index in [1.165, 1.54) is 0 Å². The first-order valence-electron chi connectivity index (χ1n) is 6.10. The van der Waals surface area contributed by atoms with Crippen LogP contribution in [-0.4, -0.2) is 39.5 Å². The maximum absolute atomic E-state index is 8.93. The van der Waals surface area contributed by atoms with Crippen molar-refractivity contribution in [2.24, 2.45) is 5.92 Å². The molecule has 1 atom stereocenters. The van der Waals surface area contributed by atoms with E-state index in [1.54, 1.807) is 0 Å². The average molecular weight is 223 g/mol. The minimum Gasteiger partial charge on any atom is -0.396 e. The Kier molecular flexibility index (Phi) is 3.61. The Morgan fingerprint density at radius 2 is 2.31 bits per heavy atom. The van der Waals surface area contributed by atoms with Gasteiger partial charge in [-0.2, -0.15) is 5.10 Å². The Balaban J connectivity index is 1.84. The van der Waals surface area contributed by atoms with Crippen molar-refractivity contribution >= 4 is 0 Å². The predicted octanol–water partition coefficient (Wildman–Crippen LogP) is 1.28. The van der Waals surface area contributed by atoms with Crippen LogP contribution in [0.1, 0.15) is 32.0 Å². The van der Waals surface area contributed by atoms with Gasteiger partial charge >= 0.3 is 0 Å². The summed E-state index contributed by atoms with van der Waals surface area (Å²) in [6.07, 6.45) is 3.17. The number of aliphatic hydroxyl groups is 1. The minimum absolute atomic E-state index is 0.317. The van der Waals surface area contributed by atoms with Crippen LogP contribution in [0.3, 0.4) is 0 Å². The topological polar surface area (TPSA) is 41.3 Å². The molecule has 0 saturated carbocycles. The molecule has 4 heteroatoms. The lowest BCUT2D eigenvalue weighted by Crippen LogP contribution is -2.47. The van der Waals surface area contributed by atoms with Gasteiger partial charge in [0.2, 0.25) is 0 Å². The van der Waals surface area contributed by atoms with Crippen molar-refractivity contribution in [3.63, 3.8) is 0 Å². The molecule has 2 heterocycles. The van der Waals surface area contributed by atoms with Crippen molar-refractivity contribution in [3.8, 4) is 0 Å². The summed E-state index contributed by atoms with van der Waals surface area (Å²) in [5.74, 6) is 0.483. The van der Waals surface area contributed by atoms with Crippen molar-refractivity contribution in [1.29, 1.82) is 0 Å². The molecule has 2 rings (SSSR count). The molecule has 0 aliphatic carbocycles. The third kappa shape index (κ3) is 2.44. The van der Waals surface area contributed by atoms with Crippen LogP contribution < -0.4 is 0 Å². The van der Waals surface area contributed by atoms with Gasteiger partial charge in [-0.3, -0.25) is 9.58 Å². The fraction of sp³-hybridized carbons (Fsp3) is 0.750. The van der Waals surface area contributed by atoms with E-state index in [0.717, 1.165) is 31.7 Å². The van der Waals surface area contributed by atoms with E-state index in [-0.39, 0.29) is 0 Å². The van der Waals surface area contributed by atoms with Crippen LogP contribution in [0.2, 0.25) is 0 Å². The molecule has 1 fully saturated rings. The second-order valence-corrected chi connectivity index (χ2v) is 4.79. The Hall–Kier alpha value is -0.870. The van der Waals surface area contributed by atoms with Gasteiger partial charge in [0.05, 0.1) is 5.69 Å². The lowest BCUT2D eigenvalue weighted by atomic mass is 10.0. The van der Waals surface area contributed by atoms with Crippen LogP contribution in [0.15, 0.2) is 12.3 Å². The molecule has 1 aromatic rings. The van der Waals surface area contributed by atoms with Gasteiger partial charge in [-0.1, -0.05) is 6.92 Å². The Morgan fingerprint density at radius 1 is 1.56 bits per heavy atom. The van der Waals surface area contributed by atoms with E-state index in [0.29, 0.717) is 18.6 Å². The molecule has 1 saturated heterocycles. The van der Waals surface area contributed by atoms with E-state index in [4.69, 9.17) is 5.11 Å². The highest BCUT2D eigenvalue weighted by molar-refractivity contribution is 5.01. The summed E-state index contributed by atoms with van der Waals surface area (Å²) in [5, 5.41) is 13.5. The first kappa shape index (κ1) is 11.6. The van der Waals surface area contributed by atoms with Gasteiger partial charge in [0.25, 0.3) is 0 Å². The Labute approximate surface area is 96.9 Å². The predicted molar refractivity (Wildman–Crippen MR) is 63.1 cm³/mol. The van der Waals surface area contributed by atoms with E-state index >= 15 is 0 Å². The monoisotopic (exact) mass is 223 g/mol. The zero-order valence-corrected chi connectivity index (χ0v) is 10.1. The van der Waals surface area contributed by atoms with Crippen LogP contribution in [0, 0.1) is 5.92 Å². The summed E-state index contributed by atoms with van der Waals surface area (Å²) in [4.78, 5) is 2.32. The van der Waals surface area contributed by atoms with Crippen molar-refractivity contribution in [2.75, 3.05) is 19.7 Å². The zero-order valence-electron chi connectivity index (χ0n) is 10.1. The molecule has 1 aromatic heterocycles. The number of aliphatic hydroxyl groups excluding tert-OH is 1. The number of rotatable bonds is 5. The highest BCUT2D eigenvalue weighted by Crippen LogP contribution is 2.18. The lowest BCUT2D eigenvalue weighted by molar-refractivity contribution is 0.0468. The number of hydrogen-bond acceptors (Lipinski definition) is 3. The van der Waals surface area contributed by atoms with Crippen molar-refractivity contribution in [2.45, 2.75) is 32.9 Å². The normalized spacial score (nSPS) is 19.7. The number of likely N-dealkylation sites (tertiary alicyclic amines) is 1. The number of nitrogens with zero attached hydrogens (tertiary/aromatic N) is 3. The first-order valence-corrected chi connectivity index (χ1v) is 6.10. The van der Waals surface area contributed by atoms with E-state index < -0.39 is 0 Å². The lowest BCUT2D eigenvalue weighted by Gasteiger charge is -2.37. The highest BCUT2D eigenvalue weighted by Gasteiger charge is 2.26.